The summed E-state index contributed by atoms with van der Waals surface area (Å²) in [4.78, 5) is 0. The van der Waals surface area contributed by atoms with Crippen LogP contribution in [-0.4, -0.2) is 9.78 Å². The molecular formula is C14H19N3. The van der Waals surface area contributed by atoms with Crippen LogP contribution in [0.5, 0.6) is 0 Å². The van der Waals surface area contributed by atoms with Gasteiger partial charge in [0.15, 0.2) is 0 Å². The summed E-state index contributed by atoms with van der Waals surface area (Å²) in [6.07, 6.45) is 5.48. The van der Waals surface area contributed by atoms with E-state index in [4.69, 9.17) is 5.73 Å². The Morgan fingerprint density at radius 1 is 1.18 bits per heavy atom. The summed E-state index contributed by atoms with van der Waals surface area (Å²) in [5.74, 6) is 0. The second kappa shape index (κ2) is 5.64. The molecule has 3 nitrogen and oxygen atoms in total. The molecule has 3 heteroatoms. The van der Waals surface area contributed by atoms with Crippen molar-refractivity contribution < 1.29 is 0 Å². The highest BCUT2D eigenvalue weighted by atomic mass is 15.3. The molecule has 0 aliphatic carbocycles. The van der Waals surface area contributed by atoms with Crippen molar-refractivity contribution in [1.29, 1.82) is 0 Å². The van der Waals surface area contributed by atoms with Gasteiger partial charge in [-0.2, -0.15) is 5.10 Å². The maximum atomic E-state index is 5.58. The number of rotatable bonds is 5. The van der Waals surface area contributed by atoms with Crippen molar-refractivity contribution in [3.05, 3.63) is 47.8 Å². The molecule has 1 heterocycles. The van der Waals surface area contributed by atoms with E-state index in [-0.39, 0.29) is 0 Å². The molecule has 0 bridgehead atoms. The van der Waals surface area contributed by atoms with Crippen LogP contribution in [0.25, 0.3) is 5.69 Å². The Kier molecular flexibility index (Phi) is 3.94. The smallest absolute Gasteiger partial charge is 0.0645 e. The maximum Gasteiger partial charge on any atom is 0.0645 e. The molecule has 90 valence electrons. The summed E-state index contributed by atoms with van der Waals surface area (Å²) in [7, 11) is 0. The number of hydrogen-bond acceptors (Lipinski definition) is 2. The van der Waals surface area contributed by atoms with Crippen LogP contribution in [0.15, 0.2) is 36.5 Å². The van der Waals surface area contributed by atoms with Crippen LogP contribution in [0.4, 0.5) is 0 Å². The Hall–Kier alpha value is -1.61. The molecule has 0 amide bonds. The van der Waals surface area contributed by atoms with Gasteiger partial charge in [-0.25, -0.2) is 4.68 Å². The Balaban J connectivity index is 2.12. The van der Waals surface area contributed by atoms with Gasteiger partial charge < -0.3 is 5.73 Å². The first-order chi connectivity index (χ1) is 8.33. The summed E-state index contributed by atoms with van der Waals surface area (Å²) in [5.41, 5.74) is 8.97. The van der Waals surface area contributed by atoms with E-state index in [1.54, 1.807) is 0 Å². The zero-order valence-corrected chi connectivity index (χ0v) is 10.3. The first-order valence-electron chi connectivity index (χ1n) is 6.17. The zero-order chi connectivity index (χ0) is 12.1. The van der Waals surface area contributed by atoms with Gasteiger partial charge in [0.2, 0.25) is 0 Å². The first kappa shape index (κ1) is 11.9. The van der Waals surface area contributed by atoms with E-state index in [9.17, 15) is 0 Å². The Morgan fingerprint density at radius 2 is 1.94 bits per heavy atom. The average molecular weight is 229 g/mol. The summed E-state index contributed by atoms with van der Waals surface area (Å²) >= 11 is 0. The number of nitrogens with zero attached hydrogens (tertiary/aromatic N) is 2. The highest BCUT2D eigenvalue weighted by Gasteiger charge is 2.00. The minimum Gasteiger partial charge on any atom is -0.326 e. The van der Waals surface area contributed by atoms with Gasteiger partial charge in [0, 0.05) is 12.7 Å². The lowest BCUT2D eigenvalue weighted by molar-refractivity contribution is 0.752. The van der Waals surface area contributed by atoms with E-state index < -0.39 is 0 Å². The van der Waals surface area contributed by atoms with E-state index in [0.717, 1.165) is 23.4 Å². The Labute approximate surface area is 102 Å². The largest absolute Gasteiger partial charge is 0.326 e. The molecule has 0 unspecified atom stereocenters. The summed E-state index contributed by atoms with van der Waals surface area (Å²) in [6, 6.07) is 10.3. The quantitative estimate of drug-likeness (QED) is 0.856. The molecule has 0 saturated heterocycles. The standard InChI is InChI=1S/C14H19N3/c1-2-3-4-13-9-10-17(16-13)14-7-5-12(11-15)6-8-14/h5-10H,2-4,11,15H2,1H3. The molecule has 1 aromatic heterocycles. The second-order valence-electron chi connectivity index (χ2n) is 4.23. The molecule has 0 spiro atoms. The molecule has 0 atom stereocenters. The van der Waals surface area contributed by atoms with Gasteiger partial charge in [-0.15, -0.1) is 0 Å². The highest BCUT2D eigenvalue weighted by Crippen LogP contribution is 2.10. The molecule has 0 saturated carbocycles. The van der Waals surface area contributed by atoms with Gasteiger partial charge in [0.05, 0.1) is 11.4 Å². The number of aryl methyl sites for hydroxylation is 1. The van der Waals surface area contributed by atoms with Gasteiger partial charge in [-0.05, 0) is 36.6 Å². The highest BCUT2D eigenvalue weighted by molar-refractivity contribution is 5.34. The lowest BCUT2D eigenvalue weighted by Crippen LogP contribution is -1.99. The van der Waals surface area contributed by atoms with Crippen LogP contribution < -0.4 is 5.73 Å². The fourth-order valence-corrected chi connectivity index (χ4v) is 1.78. The van der Waals surface area contributed by atoms with E-state index in [0.29, 0.717) is 6.54 Å². The maximum absolute atomic E-state index is 5.58. The van der Waals surface area contributed by atoms with Crippen LogP contribution in [0.3, 0.4) is 0 Å². The predicted octanol–water partition coefficient (Wildman–Crippen LogP) is 2.67. The van der Waals surface area contributed by atoms with Crippen molar-refractivity contribution in [2.45, 2.75) is 32.7 Å². The van der Waals surface area contributed by atoms with E-state index in [1.165, 1.54) is 12.8 Å². The number of aromatic nitrogens is 2. The lowest BCUT2D eigenvalue weighted by Gasteiger charge is -2.02. The third kappa shape index (κ3) is 2.94. The Morgan fingerprint density at radius 3 is 2.59 bits per heavy atom. The van der Waals surface area contributed by atoms with Crippen LogP contribution >= 0.6 is 0 Å². The molecule has 0 fully saturated rings. The predicted molar refractivity (Wildman–Crippen MR) is 70.1 cm³/mol. The van der Waals surface area contributed by atoms with Crippen LogP contribution in [0.2, 0.25) is 0 Å². The average Bonchev–Trinajstić information content (AvgIpc) is 2.85. The fourth-order valence-electron chi connectivity index (χ4n) is 1.78. The third-order valence-corrected chi connectivity index (χ3v) is 2.87. The number of unbranched alkanes of at least 4 members (excludes halogenated alkanes) is 1. The van der Waals surface area contributed by atoms with E-state index in [2.05, 4.69) is 30.2 Å². The fraction of sp³-hybridized carbons (Fsp3) is 0.357. The normalized spacial score (nSPS) is 10.7. The molecule has 17 heavy (non-hydrogen) atoms. The molecule has 2 aromatic rings. The molecular weight excluding hydrogens is 210 g/mol. The van der Waals surface area contributed by atoms with Crippen molar-refractivity contribution in [2.75, 3.05) is 0 Å². The monoisotopic (exact) mass is 229 g/mol. The SMILES string of the molecule is CCCCc1ccn(-c2ccc(CN)cc2)n1. The summed E-state index contributed by atoms with van der Waals surface area (Å²) in [6.45, 7) is 2.78. The van der Waals surface area contributed by atoms with Crippen LogP contribution in [-0.2, 0) is 13.0 Å². The van der Waals surface area contributed by atoms with Crippen molar-refractivity contribution in [3.8, 4) is 5.69 Å². The minimum absolute atomic E-state index is 0.584. The number of benzene rings is 1. The molecule has 0 radical (unpaired) electrons. The molecule has 0 aliphatic heterocycles. The summed E-state index contributed by atoms with van der Waals surface area (Å²) in [5, 5.41) is 4.56. The topological polar surface area (TPSA) is 43.8 Å². The van der Waals surface area contributed by atoms with Gasteiger partial charge in [0.25, 0.3) is 0 Å². The van der Waals surface area contributed by atoms with E-state index in [1.807, 2.05) is 23.0 Å². The number of nitrogens with two attached hydrogens (primary N) is 1. The third-order valence-electron chi connectivity index (χ3n) is 2.87. The molecule has 1 aromatic carbocycles. The minimum atomic E-state index is 0.584. The second-order valence-corrected chi connectivity index (χ2v) is 4.23. The van der Waals surface area contributed by atoms with Crippen molar-refractivity contribution >= 4 is 0 Å². The van der Waals surface area contributed by atoms with Gasteiger partial charge in [0.1, 0.15) is 0 Å². The van der Waals surface area contributed by atoms with E-state index >= 15 is 0 Å². The van der Waals surface area contributed by atoms with Gasteiger partial charge in [-0.1, -0.05) is 25.5 Å². The van der Waals surface area contributed by atoms with Crippen molar-refractivity contribution in [2.24, 2.45) is 5.73 Å². The van der Waals surface area contributed by atoms with Gasteiger partial charge in [-0.3, -0.25) is 0 Å². The Bertz CT molecular complexity index is 457. The van der Waals surface area contributed by atoms with Gasteiger partial charge >= 0.3 is 0 Å². The van der Waals surface area contributed by atoms with Crippen molar-refractivity contribution in [1.82, 2.24) is 9.78 Å². The van der Waals surface area contributed by atoms with Crippen LogP contribution in [0, 0.1) is 0 Å². The lowest BCUT2D eigenvalue weighted by atomic mass is 10.2. The molecule has 2 rings (SSSR count). The van der Waals surface area contributed by atoms with Crippen molar-refractivity contribution in [3.63, 3.8) is 0 Å². The molecule has 0 aliphatic rings. The molecule has 2 N–H and O–H groups in total. The zero-order valence-electron chi connectivity index (χ0n) is 10.3. The number of hydrogen-bond donors (Lipinski definition) is 1. The first-order valence-corrected chi connectivity index (χ1v) is 6.17. The van der Waals surface area contributed by atoms with Crippen LogP contribution in [0.1, 0.15) is 31.0 Å². The summed E-state index contributed by atoms with van der Waals surface area (Å²) < 4.78 is 1.92.